The van der Waals surface area contributed by atoms with Crippen LogP contribution in [0.4, 0.5) is 5.69 Å². The first-order valence-corrected chi connectivity index (χ1v) is 8.29. The van der Waals surface area contributed by atoms with E-state index in [1.807, 2.05) is 45.0 Å². The van der Waals surface area contributed by atoms with Crippen molar-refractivity contribution in [2.45, 2.75) is 39.8 Å². The van der Waals surface area contributed by atoms with Gasteiger partial charge in [0.1, 0.15) is 0 Å². The molecular formula is C18H31IN4O2. The van der Waals surface area contributed by atoms with E-state index in [1.165, 1.54) is 0 Å². The highest BCUT2D eigenvalue weighted by Gasteiger charge is 2.07. The number of aliphatic imine (C=N–C) groups is 1. The number of anilines is 1. The first-order valence-electron chi connectivity index (χ1n) is 8.29. The SMILES string of the molecule is CN=C(NCc1cccc(NC(=O)CC(C)C)c1)NC(C)COC.I. The van der Waals surface area contributed by atoms with Crippen LogP contribution in [0.15, 0.2) is 29.3 Å². The Kier molecular flexibility index (Phi) is 12.2. The second-order valence-electron chi connectivity index (χ2n) is 6.27. The summed E-state index contributed by atoms with van der Waals surface area (Å²) in [6, 6.07) is 7.98. The molecule has 7 heteroatoms. The minimum Gasteiger partial charge on any atom is -0.383 e. The number of amides is 1. The Morgan fingerprint density at radius 2 is 2.00 bits per heavy atom. The molecule has 0 bridgehead atoms. The van der Waals surface area contributed by atoms with Gasteiger partial charge in [-0.2, -0.15) is 0 Å². The number of ether oxygens (including phenoxy) is 1. The van der Waals surface area contributed by atoms with E-state index in [0.29, 0.717) is 31.4 Å². The third kappa shape index (κ3) is 10.3. The molecule has 0 spiro atoms. The monoisotopic (exact) mass is 462 g/mol. The third-order valence-electron chi connectivity index (χ3n) is 3.29. The van der Waals surface area contributed by atoms with Gasteiger partial charge in [0, 0.05) is 38.9 Å². The molecule has 0 aliphatic heterocycles. The number of carbonyl (C=O) groups excluding carboxylic acids is 1. The maximum absolute atomic E-state index is 11.9. The standard InChI is InChI=1S/C18H30N4O2.HI/c1-13(2)9-17(23)22-16-8-6-7-15(10-16)11-20-18(19-4)21-14(3)12-24-5;/h6-8,10,13-14H,9,11-12H2,1-5H3,(H,22,23)(H2,19,20,21);1H. The van der Waals surface area contributed by atoms with Crippen LogP contribution in [0.5, 0.6) is 0 Å². The van der Waals surface area contributed by atoms with Crippen LogP contribution in [0.3, 0.4) is 0 Å². The lowest BCUT2D eigenvalue weighted by Gasteiger charge is -2.17. The van der Waals surface area contributed by atoms with Crippen molar-refractivity contribution < 1.29 is 9.53 Å². The van der Waals surface area contributed by atoms with E-state index in [1.54, 1.807) is 14.2 Å². The Bertz CT molecular complexity index is 550. The summed E-state index contributed by atoms with van der Waals surface area (Å²) in [4.78, 5) is 16.1. The molecule has 1 aromatic carbocycles. The van der Waals surface area contributed by atoms with E-state index in [9.17, 15) is 4.79 Å². The molecule has 0 fully saturated rings. The van der Waals surface area contributed by atoms with Gasteiger partial charge >= 0.3 is 0 Å². The normalized spacial score (nSPS) is 12.3. The molecule has 0 heterocycles. The van der Waals surface area contributed by atoms with Crippen molar-refractivity contribution in [3.63, 3.8) is 0 Å². The van der Waals surface area contributed by atoms with E-state index < -0.39 is 0 Å². The van der Waals surface area contributed by atoms with Crippen molar-refractivity contribution >= 4 is 41.5 Å². The zero-order valence-electron chi connectivity index (χ0n) is 15.8. The quantitative estimate of drug-likeness (QED) is 0.316. The van der Waals surface area contributed by atoms with Crippen LogP contribution in [0.2, 0.25) is 0 Å². The zero-order chi connectivity index (χ0) is 17.9. The molecule has 1 aromatic rings. The molecule has 0 saturated carbocycles. The third-order valence-corrected chi connectivity index (χ3v) is 3.29. The summed E-state index contributed by atoms with van der Waals surface area (Å²) >= 11 is 0. The second-order valence-corrected chi connectivity index (χ2v) is 6.27. The van der Waals surface area contributed by atoms with Crippen LogP contribution >= 0.6 is 24.0 Å². The zero-order valence-corrected chi connectivity index (χ0v) is 18.1. The lowest BCUT2D eigenvalue weighted by atomic mass is 10.1. The van der Waals surface area contributed by atoms with Gasteiger partial charge in [-0.3, -0.25) is 9.79 Å². The van der Waals surface area contributed by atoms with Gasteiger partial charge in [-0.05, 0) is 30.5 Å². The second kappa shape index (κ2) is 12.9. The highest BCUT2D eigenvalue weighted by atomic mass is 127. The molecule has 6 nitrogen and oxygen atoms in total. The molecule has 25 heavy (non-hydrogen) atoms. The maximum Gasteiger partial charge on any atom is 0.224 e. The van der Waals surface area contributed by atoms with Gasteiger partial charge in [-0.15, -0.1) is 24.0 Å². The van der Waals surface area contributed by atoms with Crippen molar-refractivity contribution in [1.82, 2.24) is 10.6 Å². The summed E-state index contributed by atoms with van der Waals surface area (Å²) < 4.78 is 5.11. The van der Waals surface area contributed by atoms with Gasteiger partial charge in [0.05, 0.1) is 6.61 Å². The smallest absolute Gasteiger partial charge is 0.224 e. The number of nitrogens with zero attached hydrogens (tertiary/aromatic N) is 1. The Hall–Kier alpha value is -1.35. The molecule has 0 aliphatic carbocycles. The van der Waals surface area contributed by atoms with Gasteiger partial charge < -0.3 is 20.7 Å². The first-order chi connectivity index (χ1) is 11.4. The summed E-state index contributed by atoms with van der Waals surface area (Å²) in [5, 5.41) is 9.44. The molecule has 0 aliphatic rings. The van der Waals surface area contributed by atoms with Crippen molar-refractivity contribution in [1.29, 1.82) is 0 Å². The summed E-state index contributed by atoms with van der Waals surface area (Å²) in [7, 11) is 3.41. The van der Waals surface area contributed by atoms with Crippen molar-refractivity contribution in [2.24, 2.45) is 10.9 Å². The number of hydrogen-bond acceptors (Lipinski definition) is 3. The van der Waals surface area contributed by atoms with E-state index in [2.05, 4.69) is 20.9 Å². The Morgan fingerprint density at radius 1 is 1.28 bits per heavy atom. The van der Waals surface area contributed by atoms with E-state index in [0.717, 1.165) is 11.3 Å². The molecule has 1 unspecified atom stereocenters. The number of guanidine groups is 1. The molecule has 1 rings (SSSR count). The molecule has 1 amide bonds. The molecular weight excluding hydrogens is 431 g/mol. The fraction of sp³-hybridized carbons (Fsp3) is 0.556. The van der Waals surface area contributed by atoms with Gasteiger partial charge in [0.2, 0.25) is 5.91 Å². The summed E-state index contributed by atoms with van der Waals surface area (Å²) in [6.07, 6.45) is 0.524. The number of rotatable bonds is 8. The molecule has 0 aromatic heterocycles. The molecule has 142 valence electrons. The topological polar surface area (TPSA) is 74.8 Å². The van der Waals surface area contributed by atoms with Gasteiger partial charge in [-0.25, -0.2) is 0 Å². The summed E-state index contributed by atoms with van der Waals surface area (Å²) in [5.41, 5.74) is 1.88. The van der Waals surface area contributed by atoms with Crippen molar-refractivity contribution in [3.05, 3.63) is 29.8 Å². The number of nitrogens with one attached hydrogen (secondary N) is 3. The van der Waals surface area contributed by atoms with E-state index in [-0.39, 0.29) is 35.9 Å². The predicted octanol–water partition coefficient (Wildman–Crippen LogP) is 2.99. The van der Waals surface area contributed by atoms with Crippen LogP contribution in [-0.2, 0) is 16.1 Å². The molecule has 1 atom stereocenters. The van der Waals surface area contributed by atoms with Gasteiger partial charge in [-0.1, -0.05) is 26.0 Å². The largest absolute Gasteiger partial charge is 0.383 e. The van der Waals surface area contributed by atoms with Gasteiger partial charge in [0.15, 0.2) is 5.96 Å². The lowest BCUT2D eigenvalue weighted by Crippen LogP contribution is -2.43. The Labute approximate surface area is 168 Å². The van der Waals surface area contributed by atoms with Crippen molar-refractivity contribution in [3.8, 4) is 0 Å². The first kappa shape index (κ1) is 23.6. The number of carbonyl (C=O) groups is 1. The fourth-order valence-corrected chi connectivity index (χ4v) is 2.25. The Balaban J connectivity index is 0.00000576. The number of halogens is 1. The minimum atomic E-state index is 0. The highest BCUT2D eigenvalue weighted by molar-refractivity contribution is 14.0. The van der Waals surface area contributed by atoms with Gasteiger partial charge in [0.25, 0.3) is 0 Å². The molecule has 0 radical (unpaired) electrons. The summed E-state index contributed by atoms with van der Waals surface area (Å²) in [6.45, 7) is 7.32. The van der Waals surface area contributed by atoms with Crippen LogP contribution in [0, 0.1) is 5.92 Å². The maximum atomic E-state index is 11.9. The summed E-state index contributed by atoms with van der Waals surface area (Å²) in [5.74, 6) is 1.10. The number of benzene rings is 1. The van der Waals surface area contributed by atoms with Crippen molar-refractivity contribution in [2.75, 3.05) is 26.1 Å². The fourth-order valence-electron chi connectivity index (χ4n) is 2.25. The van der Waals surface area contributed by atoms with Crippen LogP contribution in [0.25, 0.3) is 0 Å². The Morgan fingerprint density at radius 3 is 2.60 bits per heavy atom. The molecule has 0 saturated heterocycles. The average Bonchev–Trinajstić information content (AvgIpc) is 2.51. The number of methoxy groups -OCH3 is 1. The minimum absolute atomic E-state index is 0. The highest BCUT2D eigenvalue weighted by Crippen LogP contribution is 2.12. The van der Waals surface area contributed by atoms with Crippen LogP contribution in [0.1, 0.15) is 32.8 Å². The molecule has 3 N–H and O–H groups in total. The predicted molar refractivity (Wildman–Crippen MR) is 115 cm³/mol. The average molecular weight is 462 g/mol. The van der Waals surface area contributed by atoms with E-state index >= 15 is 0 Å². The van der Waals surface area contributed by atoms with E-state index in [4.69, 9.17) is 4.74 Å². The van der Waals surface area contributed by atoms with Crippen LogP contribution in [-0.4, -0.2) is 38.7 Å². The number of hydrogen-bond donors (Lipinski definition) is 3. The lowest BCUT2D eigenvalue weighted by molar-refractivity contribution is -0.116. The van der Waals surface area contributed by atoms with Crippen LogP contribution < -0.4 is 16.0 Å².